The van der Waals surface area contributed by atoms with E-state index in [2.05, 4.69) is 31.9 Å². The summed E-state index contributed by atoms with van der Waals surface area (Å²) in [5.41, 5.74) is 1.34. The highest BCUT2D eigenvalue weighted by Crippen LogP contribution is 2.26. The molecule has 0 spiro atoms. The maximum absolute atomic E-state index is 12.4. The van der Waals surface area contributed by atoms with Crippen LogP contribution >= 0.6 is 28.1 Å². The summed E-state index contributed by atoms with van der Waals surface area (Å²) in [5, 5.41) is 8.63. The van der Waals surface area contributed by atoms with E-state index >= 15 is 0 Å². The Morgan fingerprint density at radius 2 is 1.66 bits per heavy atom. The number of benzene rings is 2. The number of carbonyl (C=O) groups is 2. The van der Waals surface area contributed by atoms with Crippen molar-refractivity contribution in [2.75, 3.05) is 11.9 Å². The van der Waals surface area contributed by atoms with E-state index in [0.29, 0.717) is 33.6 Å². The first-order valence-corrected chi connectivity index (χ1v) is 10.3. The zero-order chi connectivity index (χ0) is 21.6. The van der Waals surface area contributed by atoms with Gasteiger partial charge in [0, 0.05) is 22.4 Å². The molecule has 0 radical (unpaired) electrons. The number of halogens is 1. The van der Waals surface area contributed by atoms with Gasteiger partial charge in [0.15, 0.2) is 5.11 Å². The number of nitrogens with one attached hydrogen (secondary N) is 3. The molecule has 6 nitrogen and oxygen atoms in total. The average Bonchev–Trinajstić information content (AvgIpc) is 2.62. The standard InChI is InChI=1S/C21H24BrN3O3S/c1-5-28-17-11-8-14(12-16(17)22)18(26)24-20(29)23-15-9-6-13(7-10-15)19(27)25-21(2,3)4/h6-12H,5H2,1-4H3,(H,25,27)(H2,23,24,26,29). The van der Waals surface area contributed by atoms with Crippen molar-refractivity contribution in [1.82, 2.24) is 10.6 Å². The second kappa shape index (κ2) is 9.84. The van der Waals surface area contributed by atoms with Gasteiger partial charge in [-0.3, -0.25) is 14.9 Å². The van der Waals surface area contributed by atoms with Crippen LogP contribution in [-0.2, 0) is 0 Å². The molecule has 0 aliphatic carbocycles. The molecule has 2 rings (SSSR count). The molecule has 0 aliphatic heterocycles. The van der Waals surface area contributed by atoms with E-state index in [0.717, 1.165) is 0 Å². The maximum Gasteiger partial charge on any atom is 0.257 e. The zero-order valence-electron chi connectivity index (χ0n) is 16.8. The Morgan fingerprint density at radius 3 is 2.21 bits per heavy atom. The minimum atomic E-state index is -0.340. The molecule has 29 heavy (non-hydrogen) atoms. The Labute approximate surface area is 184 Å². The van der Waals surface area contributed by atoms with Gasteiger partial charge < -0.3 is 15.4 Å². The summed E-state index contributed by atoms with van der Waals surface area (Å²) in [7, 11) is 0. The quantitative estimate of drug-likeness (QED) is 0.552. The van der Waals surface area contributed by atoms with Crippen LogP contribution in [0.4, 0.5) is 5.69 Å². The minimum Gasteiger partial charge on any atom is -0.493 e. The Hall–Kier alpha value is -2.45. The van der Waals surface area contributed by atoms with Gasteiger partial charge in [-0.2, -0.15) is 0 Å². The van der Waals surface area contributed by atoms with E-state index in [1.54, 1.807) is 42.5 Å². The fourth-order valence-corrected chi connectivity index (χ4v) is 3.07. The van der Waals surface area contributed by atoms with Gasteiger partial charge in [0.1, 0.15) is 5.75 Å². The highest BCUT2D eigenvalue weighted by molar-refractivity contribution is 9.10. The third-order valence-electron chi connectivity index (χ3n) is 3.61. The fourth-order valence-electron chi connectivity index (χ4n) is 2.37. The topological polar surface area (TPSA) is 79.5 Å². The maximum atomic E-state index is 12.4. The number of amides is 2. The molecule has 0 fully saturated rings. The SMILES string of the molecule is CCOc1ccc(C(=O)NC(=S)Nc2ccc(C(=O)NC(C)(C)C)cc2)cc1Br. The van der Waals surface area contributed by atoms with Crippen LogP contribution < -0.4 is 20.7 Å². The van der Waals surface area contributed by atoms with Crippen LogP contribution in [0.1, 0.15) is 48.4 Å². The predicted octanol–water partition coefficient (Wildman–Crippen LogP) is 4.50. The molecule has 2 aromatic rings. The predicted molar refractivity (Wildman–Crippen MR) is 123 cm³/mol. The van der Waals surface area contributed by atoms with Gasteiger partial charge in [0.2, 0.25) is 0 Å². The molecule has 154 valence electrons. The van der Waals surface area contributed by atoms with Crippen molar-refractivity contribution >= 4 is 50.8 Å². The van der Waals surface area contributed by atoms with Crippen molar-refractivity contribution in [3.63, 3.8) is 0 Å². The first-order valence-electron chi connectivity index (χ1n) is 9.06. The van der Waals surface area contributed by atoms with Gasteiger partial charge in [-0.05, 0) is 98.3 Å². The Bertz CT molecular complexity index is 908. The summed E-state index contributed by atoms with van der Waals surface area (Å²) in [6.07, 6.45) is 0. The lowest BCUT2D eigenvalue weighted by Crippen LogP contribution is -2.40. The zero-order valence-corrected chi connectivity index (χ0v) is 19.2. The summed E-state index contributed by atoms with van der Waals surface area (Å²) in [4.78, 5) is 24.6. The van der Waals surface area contributed by atoms with E-state index in [9.17, 15) is 9.59 Å². The van der Waals surface area contributed by atoms with Crippen molar-refractivity contribution < 1.29 is 14.3 Å². The molecule has 0 aliphatic rings. The number of rotatable bonds is 5. The van der Waals surface area contributed by atoms with Crippen molar-refractivity contribution in [2.24, 2.45) is 0 Å². The monoisotopic (exact) mass is 477 g/mol. The number of thiocarbonyl (C=S) groups is 1. The molecule has 0 atom stereocenters. The van der Waals surface area contributed by atoms with Gasteiger partial charge in [-0.15, -0.1) is 0 Å². The molecular formula is C21H24BrN3O3S. The van der Waals surface area contributed by atoms with Crippen LogP contribution in [0.2, 0.25) is 0 Å². The summed E-state index contributed by atoms with van der Waals surface area (Å²) in [5.74, 6) is 0.175. The van der Waals surface area contributed by atoms with Crippen LogP contribution in [0.15, 0.2) is 46.9 Å². The van der Waals surface area contributed by atoms with E-state index in [1.807, 2.05) is 27.7 Å². The molecular weight excluding hydrogens is 454 g/mol. The molecule has 2 aromatic carbocycles. The van der Waals surface area contributed by atoms with E-state index in [1.165, 1.54) is 0 Å². The van der Waals surface area contributed by atoms with Crippen molar-refractivity contribution in [1.29, 1.82) is 0 Å². The largest absolute Gasteiger partial charge is 0.493 e. The molecule has 0 bridgehead atoms. The van der Waals surface area contributed by atoms with Crippen molar-refractivity contribution in [2.45, 2.75) is 33.2 Å². The lowest BCUT2D eigenvalue weighted by Gasteiger charge is -2.20. The number of hydrogen-bond acceptors (Lipinski definition) is 4. The number of ether oxygens (including phenoxy) is 1. The first kappa shape index (κ1) is 22.8. The number of hydrogen-bond donors (Lipinski definition) is 3. The van der Waals surface area contributed by atoms with Gasteiger partial charge >= 0.3 is 0 Å². The second-order valence-electron chi connectivity index (χ2n) is 7.27. The normalized spacial score (nSPS) is 10.8. The van der Waals surface area contributed by atoms with Gasteiger partial charge in [0.25, 0.3) is 11.8 Å². The minimum absolute atomic E-state index is 0.152. The third-order valence-corrected chi connectivity index (χ3v) is 4.44. The summed E-state index contributed by atoms with van der Waals surface area (Å²) in [6.45, 7) is 8.19. The van der Waals surface area contributed by atoms with E-state index in [4.69, 9.17) is 17.0 Å². The summed E-state index contributed by atoms with van der Waals surface area (Å²) in [6, 6.07) is 11.9. The highest BCUT2D eigenvalue weighted by atomic mass is 79.9. The smallest absolute Gasteiger partial charge is 0.257 e. The summed E-state index contributed by atoms with van der Waals surface area (Å²) < 4.78 is 6.13. The summed E-state index contributed by atoms with van der Waals surface area (Å²) >= 11 is 8.60. The molecule has 8 heteroatoms. The molecule has 0 heterocycles. The van der Waals surface area contributed by atoms with Crippen LogP contribution in [0.3, 0.4) is 0 Å². The molecule has 0 aromatic heterocycles. The molecule has 0 saturated heterocycles. The average molecular weight is 478 g/mol. The Balaban J connectivity index is 1.96. The van der Waals surface area contributed by atoms with Gasteiger partial charge in [-0.25, -0.2) is 0 Å². The lowest BCUT2D eigenvalue weighted by molar-refractivity contribution is 0.0918. The van der Waals surface area contributed by atoms with Crippen LogP contribution in [0, 0.1) is 0 Å². The van der Waals surface area contributed by atoms with E-state index in [-0.39, 0.29) is 22.5 Å². The molecule has 0 saturated carbocycles. The Morgan fingerprint density at radius 1 is 1.03 bits per heavy atom. The van der Waals surface area contributed by atoms with Gasteiger partial charge in [-0.1, -0.05) is 0 Å². The fraction of sp³-hybridized carbons (Fsp3) is 0.286. The van der Waals surface area contributed by atoms with Crippen LogP contribution in [-0.4, -0.2) is 29.1 Å². The van der Waals surface area contributed by atoms with Crippen LogP contribution in [0.25, 0.3) is 0 Å². The second-order valence-corrected chi connectivity index (χ2v) is 8.53. The lowest BCUT2D eigenvalue weighted by atomic mass is 10.1. The first-order chi connectivity index (χ1) is 13.6. The van der Waals surface area contributed by atoms with Crippen molar-refractivity contribution in [3.8, 4) is 5.75 Å². The van der Waals surface area contributed by atoms with E-state index < -0.39 is 0 Å². The van der Waals surface area contributed by atoms with Crippen LogP contribution in [0.5, 0.6) is 5.75 Å². The molecule has 0 unspecified atom stereocenters. The third kappa shape index (κ3) is 7.14. The number of anilines is 1. The molecule has 3 N–H and O–H groups in total. The Kier molecular flexibility index (Phi) is 7.75. The van der Waals surface area contributed by atoms with Crippen molar-refractivity contribution in [3.05, 3.63) is 58.1 Å². The highest BCUT2D eigenvalue weighted by Gasteiger charge is 2.15. The molecule has 2 amide bonds. The number of carbonyl (C=O) groups excluding carboxylic acids is 2. The van der Waals surface area contributed by atoms with Gasteiger partial charge in [0.05, 0.1) is 11.1 Å².